The van der Waals surface area contributed by atoms with E-state index in [9.17, 15) is 18.0 Å². The fourth-order valence-corrected chi connectivity index (χ4v) is 3.06. The highest BCUT2D eigenvalue weighted by atomic mass is 32.2. The van der Waals surface area contributed by atoms with E-state index in [0.29, 0.717) is 25.1 Å². The number of ether oxygens (including phenoxy) is 1. The number of primary sulfonamides is 1. The summed E-state index contributed by atoms with van der Waals surface area (Å²) in [5.74, 6) is -0.222. The standard InChI is InChI=1S/C18H23N3O6S/c1-12-16(13(2)27-21-12)7-8-18(23)26-11-17(22)20-10-9-14-3-5-15(6-4-14)28(19,24)25/h3-6H,7-11H2,1-2H3,(H,20,22)(H2,19,24,25). The number of aryl methyl sites for hydroxylation is 2. The Morgan fingerprint density at radius 1 is 1.18 bits per heavy atom. The van der Waals surface area contributed by atoms with Crippen LogP contribution in [0.1, 0.15) is 29.0 Å². The molecule has 0 saturated carbocycles. The molecular weight excluding hydrogens is 386 g/mol. The van der Waals surface area contributed by atoms with Gasteiger partial charge in [0.05, 0.1) is 10.6 Å². The summed E-state index contributed by atoms with van der Waals surface area (Å²) in [6, 6.07) is 6.07. The Kier molecular flexibility index (Phi) is 7.30. The molecule has 0 unspecified atom stereocenters. The van der Waals surface area contributed by atoms with E-state index in [4.69, 9.17) is 14.4 Å². The summed E-state index contributed by atoms with van der Waals surface area (Å²) in [7, 11) is -3.72. The Labute approximate surface area is 163 Å². The van der Waals surface area contributed by atoms with Crippen LogP contribution < -0.4 is 10.5 Å². The van der Waals surface area contributed by atoms with E-state index in [1.165, 1.54) is 12.1 Å². The monoisotopic (exact) mass is 409 g/mol. The van der Waals surface area contributed by atoms with Crippen LogP contribution in [0.15, 0.2) is 33.7 Å². The number of hydrogen-bond acceptors (Lipinski definition) is 7. The van der Waals surface area contributed by atoms with Gasteiger partial charge < -0.3 is 14.6 Å². The molecule has 1 heterocycles. The molecule has 2 aromatic rings. The molecule has 3 N–H and O–H groups in total. The fraction of sp³-hybridized carbons (Fsp3) is 0.389. The summed E-state index contributed by atoms with van der Waals surface area (Å²) in [6.07, 6.45) is 1.07. The summed E-state index contributed by atoms with van der Waals surface area (Å²) in [5.41, 5.74) is 2.44. The average Bonchev–Trinajstić information content (AvgIpc) is 2.96. The Morgan fingerprint density at radius 3 is 2.43 bits per heavy atom. The maximum absolute atomic E-state index is 11.8. The molecule has 9 nitrogen and oxygen atoms in total. The molecule has 10 heteroatoms. The van der Waals surface area contributed by atoms with Gasteiger partial charge in [-0.1, -0.05) is 17.3 Å². The smallest absolute Gasteiger partial charge is 0.306 e. The van der Waals surface area contributed by atoms with E-state index in [-0.39, 0.29) is 17.9 Å². The molecule has 0 aliphatic heterocycles. The molecule has 1 amide bonds. The van der Waals surface area contributed by atoms with Crippen molar-refractivity contribution < 1.29 is 27.3 Å². The number of nitrogens with two attached hydrogens (primary N) is 1. The molecule has 0 saturated heterocycles. The van der Waals surface area contributed by atoms with Crippen molar-refractivity contribution in [1.82, 2.24) is 10.5 Å². The molecule has 0 radical (unpaired) electrons. The fourth-order valence-electron chi connectivity index (χ4n) is 2.55. The first kappa shape index (κ1) is 21.6. The van der Waals surface area contributed by atoms with Crippen molar-refractivity contribution in [3.63, 3.8) is 0 Å². The maximum atomic E-state index is 11.8. The number of carbonyl (C=O) groups excluding carboxylic acids is 2. The molecule has 0 atom stereocenters. The average molecular weight is 409 g/mol. The van der Waals surface area contributed by atoms with Crippen LogP contribution in [0.2, 0.25) is 0 Å². The van der Waals surface area contributed by atoms with Gasteiger partial charge in [-0.3, -0.25) is 9.59 Å². The molecule has 152 valence electrons. The van der Waals surface area contributed by atoms with Crippen LogP contribution in [0.25, 0.3) is 0 Å². The highest BCUT2D eigenvalue weighted by Crippen LogP contribution is 2.14. The molecule has 0 bridgehead atoms. The number of nitrogens with one attached hydrogen (secondary N) is 1. The van der Waals surface area contributed by atoms with E-state index < -0.39 is 21.9 Å². The number of benzene rings is 1. The van der Waals surface area contributed by atoms with Crippen molar-refractivity contribution in [2.24, 2.45) is 5.14 Å². The number of sulfonamides is 1. The Balaban J connectivity index is 1.66. The zero-order valence-corrected chi connectivity index (χ0v) is 16.5. The van der Waals surface area contributed by atoms with Crippen LogP contribution in [0.3, 0.4) is 0 Å². The molecule has 0 aliphatic carbocycles. The summed E-state index contributed by atoms with van der Waals surface area (Å²) in [6.45, 7) is 3.54. The number of nitrogens with zero attached hydrogens (tertiary/aromatic N) is 1. The normalized spacial score (nSPS) is 11.2. The SMILES string of the molecule is Cc1noc(C)c1CCC(=O)OCC(=O)NCCc1ccc(S(N)(=O)=O)cc1. The molecular formula is C18H23N3O6S. The number of aromatic nitrogens is 1. The minimum atomic E-state index is -3.72. The van der Waals surface area contributed by atoms with E-state index in [0.717, 1.165) is 16.8 Å². The van der Waals surface area contributed by atoms with Crippen LogP contribution in [0.5, 0.6) is 0 Å². The minimum Gasteiger partial charge on any atom is -0.456 e. The van der Waals surface area contributed by atoms with Gasteiger partial charge in [-0.15, -0.1) is 0 Å². The lowest BCUT2D eigenvalue weighted by Crippen LogP contribution is -2.30. The van der Waals surface area contributed by atoms with Crippen molar-refractivity contribution in [2.45, 2.75) is 38.0 Å². The Morgan fingerprint density at radius 2 is 1.86 bits per heavy atom. The predicted molar refractivity (Wildman–Crippen MR) is 99.8 cm³/mol. The summed E-state index contributed by atoms with van der Waals surface area (Å²) < 4.78 is 32.4. The first-order chi connectivity index (χ1) is 13.2. The van der Waals surface area contributed by atoms with E-state index in [1.807, 2.05) is 0 Å². The van der Waals surface area contributed by atoms with Gasteiger partial charge in [0.15, 0.2) is 6.61 Å². The highest BCUT2D eigenvalue weighted by Gasteiger charge is 2.13. The predicted octanol–water partition coefficient (Wildman–Crippen LogP) is 0.774. The highest BCUT2D eigenvalue weighted by molar-refractivity contribution is 7.89. The lowest BCUT2D eigenvalue weighted by molar-refractivity contribution is -0.148. The number of hydrogen-bond donors (Lipinski definition) is 2. The van der Waals surface area contributed by atoms with Gasteiger partial charge in [0.25, 0.3) is 5.91 Å². The van der Waals surface area contributed by atoms with Gasteiger partial charge in [0, 0.05) is 18.5 Å². The third kappa shape index (κ3) is 6.46. The molecule has 2 rings (SSSR count). The summed E-state index contributed by atoms with van der Waals surface area (Å²) >= 11 is 0. The maximum Gasteiger partial charge on any atom is 0.306 e. The van der Waals surface area contributed by atoms with Crippen molar-refractivity contribution >= 4 is 21.9 Å². The topological polar surface area (TPSA) is 142 Å². The molecule has 0 fully saturated rings. The molecule has 1 aromatic carbocycles. The van der Waals surface area contributed by atoms with Gasteiger partial charge in [-0.2, -0.15) is 0 Å². The Hall–Kier alpha value is -2.72. The molecule has 0 aliphatic rings. The van der Waals surface area contributed by atoms with Gasteiger partial charge in [0.2, 0.25) is 10.0 Å². The van der Waals surface area contributed by atoms with E-state index in [2.05, 4.69) is 10.5 Å². The van der Waals surface area contributed by atoms with Gasteiger partial charge in [0.1, 0.15) is 5.76 Å². The zero-order valence-electron chi connectivity index (χ0n) is 15.7. The second-order valence-corrected chi connectivity index (χ2v) is 7.81. The third-order valence-corrected chi connectivity index (χ3v) is 5.04. The van der Waals surface area contributed by atoms with Crippen LogP contribution in [0.4, 0.5) is 0 Å². The first-order valence-corrected chi connectivity index (χ1v) is 10.2. The van der Waals surface area contributed by atoms with Crippen molar-refractivity contribution in [1.29, 1.82) is 0 Å². The van der Waals surface area contributed by atoms with Gasteiger partial charge >= 0.3 is 5.97 Å². The largest absolute Gasteiger partial charge is 0.456 e. The number of carbonyl (C=O) groups is 2. The molecule has 1 aromatic heterocycles. The zero-order chi connectivity index (χ0) is 20.7. The summed E-state index contributed by atoms with van der Waals surface area (Å²) in [5, 5.41) is 11.5. The van der Waals surface area contributed by atoms with Crippen molar-refractivity contribution in [2.75, 3.05) is 13.2 Å². The lowest BCUT2D eigenvalue weighted by atomic mass is 10.1. The van der Waals surface area contributed by atoms with Gasteiger partial charge in [-0.25, -0.2) is 13.6 Å². The van der Waals surface area contributed by atoms with Crippen molar-refractivity contribution in [3.8, 4) is 0 Å². The molecule has 0 spiro atoms. The Bertz CT molecular complexity index is 915. The first-order valence-electron chi connectivity index (χ1n) is 8.62. The van der Waals surface area contributed by atoms with Gasteiger partial charge in [-0.05, 0) is 44.4 Å². The van der Waals surface area contributed by atoms with Crippen molar-refractivity contribution in [3.05, 3.63) is 46.8 Å². The summed E-state index contributed by atoms with van der Waals surface area (Å²) in [4.78, 5) is 23.5. The van der Waals surface area contributed by atoms with Crippen LogP contribution in [-0.4, -0.2) is 38.6 Å². The molecule has 28 heavy (non-hydrogen) atoms. The van der Waals surface area contributed by atoms with Crippen LogP contribution >= 0.6 is 0 Å². The van der Waals surface area contributed by atoms with E-state index >= 15 is 0 Å². The van der Waals surface area contributed by atoms with Crippen LogP contribution in [-0.2, 0) is 37.2 Å². The lowest BCUT2D eigenvalue weighted by Gasteiger charge is -2.07. The second kappa shape index (κ2) is 9.47. The number of esters is 1. The minimum absolute atomic E-state index is 0.0313. The van der Waals surface area contributed by atoms with E-state index in [1.54, 1.807) is 26.0 Å². The third-order valence-electron chi connectivity index (χ3n) is 4.11. The number of amides is 1. The second-order valence-electron chi connectivity index (χ2n) is 6.25. The van der Waals surface area contributed by atoms with Crippen LogP contribution in [0, 0.1) is 13.8 Å². The quantitative estimate of drug-likeness (QED) is 0.583. The number of rotatable bonds is 9.